The van der Waals surface area contributed by atoms with Crippen molar-refractivity contribution in [2.75, 3.05) is 33.5 Å². The average molecular weight is 236 g/mol. The summed E-state index contributed by atoms with van der Waals surface area (Å²) < 4.78 is 5.15. The molecule has 0 aliphatic carbocycles. The zero-order valence-corrected chi connectivity index (χ0v) is 10.7. The van der Waals surface area contributed by atoms with Crippen molar-refractivity contribution in [1.29, 1.82) is 5.26 Å². The van der Waals surface area contributed by atoms with Crippen LogP contribution in [0.3, 0.4) is 0 Å². The molecular formula is C12H16N2OS. The van der Waals surface area contributed by atoms with Crippen molar-refractivity contribution in [2.24, 2.45) is 0 Å². The van der Waals surface area contributed by atoms with Crippen LogP contribution in [0.15, 0.2) is 23.1 Å². The van der Waals surface area contributed by atoms with Crippen LogP contribution in [0.2, 0.25) is 0 Å². The molecule has 0 aliphatic heterocycles. The van der Waals surface area contributed by atoms with E-state index in [1.165, 1.54) is 0 Å². The Morgan fingerprint density at radius 2 is 2.19 bits per heavy atom. The Bertz CT molecular complexity index is 385. The van der Waals surface area contributed by atoms with Gasteiger partial charge in [0.05, 0.1) is 12.7 Å². The molecule has 4 heteroatoms. The maximum absolute atomic E-state index is 8.98. The Kier molecular flexibility index (Phi) is 5.17. The summed E-state index contributed by atoms with van der Waals surface area (Å²) in [5.74, 6) is 1.76. The van der Waals surface area contributed by atoms with Crippen LogP contribution in [0.1, 0.15) is 5.56 Å². The van der Waals surface area contributed by atoms with Crippen molar-refractivity contribution in [2.45, 2.75) is 4.90 Å². The van der Waals surface area contributed by atoms with Crippen LogP contribution in [-0.2, 0) is 0 Å². The van der Waals surface area contributed by atoms with E-state index in [0.29, 0.717) is 5.56 Å². The van der Waals surface area contributed by atoms with E-state index in [4.69, 9.17) is 10.00 Å². The molecule has 0 spiro atoms. The molecule has 1 rings (SSSR count). The van der Waals surface area contributed by atoms with Crippen molar-refractivity contribution < 1.29 is 4.74 Å². The quantitative estimate of drug-likeness (QED) is 0.734. The summed E-state index contributed by atoms with van der Waals surface area (Å²) in [7, 11) is 5.71. The SMILES string of the molecule is COc1ccc(C#N)c(SCCN(C)C)c1. The summed E-state index contributed by atoms with van der Waals surface area (Å²) in [5, 5.41) is 8.98. The van der Waals surface area contributed by atoms with Crippen LogP contribution in [0.5, 0.6) is 5.75 Å². The van der Waals surface area contributed by atoms with Crippen LogP contribution in [0, 0.1) is 11.3 Å². The van der Waals surface area contributed by atoms with E-state index in [1.807, 2.05) is 26.2 Å². The Hall–Kier alpha value is -1.18. The molecule has 0 aromatic heterocycles. The van der Waals surface area contributed by atoms with Crippen molar-refractivity contribution in [3.63, 3.8) is 0 Å². The van der Waals surface area contributed by atoms with Gasteiger partial charge in [-0.1, -0.05) is 0 Å². The number of rotatable bonds is 5. The fraction of sp³-hybridized carbons (Fsp3) is 0.417. The van der Waals surface area contributed by atoms with E-state index in [0.717, 1.165) is 22.9 Å². The lowest BCUT2D eigenvalue weighted by Gasteiger charge is -2.10. The summed E-state index contributed by atoms with van der Waals surface area (Å²) in [6.07, 6.45) is 0. The van der Waals surface area contributed by atoms with E-state index in [2.05, 4.69) is 11.0 Å². The van der Waals surface area contributed by atoms with Crippen LogP contribution in [-0.4, -0.2) is 38.4 Å². The lowest BCUT2D eigenvalue weighted by molar-refractivity contribution is 0.413. The molecule has 86 valence electrons. The number of nitriles is 1. The molecule has 1 aromatic carbocycles. The minimum absolute atomic E-state index is 0.713. The maximum Gasteiger partial charge on any atom is 0.120 e. The molecule has 0 bridgehead atoms. The van der Waals surface area contributed by atoms with E-state index in [9.17, 15) is 0 Å². The first-order valence-corrected chi connectivity index (χ1v) is 6.01. The summed E-state index contributed by atoms with van der Waals surface area (Å²) in [4.78, 5) is 3.11. The number of thioether (sulfide) groups is 1. The summed E-state index contributed by atoms with van der Waals surface area (Å²) in [6, 6.07) is 7.73. The van der Waals surface area contributed by atoms with E-state index >= 15 is 0 Å². The van der Waals surface area contributed by atoms with E-state index in [-0.39, 0.29) is 0 Å². The summed E-state index contributed by atoms with van der Waals surface area (Å²) in [5.41, 5.74) is 0.713. The molecule has 0 fully saturated rings. The molecule has 0 N–H and O–H groups in total. The van der Waals surface area contributed by atoms with Gasteiger partial charge in [0.25, 0.3) is 0 Å². The van der Waals surface area contributed by atoms with Gasteiger partial charge in [0.2, 0.25) is 0 Å². The molecule has 0 aliphatic rings. The fourth-order valence-electron chi connectivity index (χ4n) is 1.18. The number of hydrogen-bond acceptors (Lipinski definition) is 4. The monoisotopic (exact) mass is 236 g/mol. The molecular weight excluding hydrogens is 220 g/mol. The van der Waals surface area contributed by atoms with Gasteiger partial charge in [0, 0.05) is 17.2 Å². The van der Waals surface area contributed by atoms with Gasteiger partial charge in [-0.15, -0.1) is 11.8 Å². The molecule has 0 heterocycles. The van der Waals surface area contributed by atoms with Crippen LogP contribution < -0.4 is 4.74 Å². The molecule has 1 aromatic rings. The maximum atomic E-state index is 8.98. The lowest BCUT2D eigenvalue weighted by Crippen LogP contribution is -2.14. The van der Waals surface area contributed by atoms with Gasteiger partial charge < -0.3 is 9.64 Å². The molecule has 0 radical (unpaired) electrons. The number of hydrogen-bond donors (Lipinski definition) is 0. The largest absolute Gasteiger partial charge is 0.497 e. The first kappa shape index (κ1) is 12.9. The first-order valence-electron chi connectivity index (χ1n) is 5.03. The fourth-order valence-corrected chi connectivity index (χ4v) is 2.32. The predicted octanol–water partition coefficient (Wildman–Crippen LogP) is 2.22. The molecule has 3 nitrogen and oxygen atoms in total. The highest BCUT2D eigenvalue weighted by atomic mass is 32.2. The second-order valence-electron chi connectivity index (χ2n) is 3.63. The Morgan fingerprint density at radius 3 is 2.75 bits per heavy atom. The van der Waals surface area contributed by atoms with Crippen LogP contribution >= 0.6 is 11.8 Å². The highest BCUT2D eigenvalue weighted by Gasteiger charge is 2.04. The van der Waals surface area contributed by atoms with Gasteiger partial charge in [0.1, 0.15) is 11.8 Å². The molecule has 0 atom stereocenters. The normalized spacial score (nSPS) is 10.2. The third-order valence-corrected chi connectivity index (χ3v) is 3.14. The molecule has 0 amide bonds. The van der Waals surface area contributed by atoms with Gasteiger partial charge in [-0.25, -0.2) is 0 Å². The number of benzene rings is 1. The standard InChI is InChI=1S/C12H16N2OS/c1-14(2)6-7-16-12-8-11(15-3)5-4-10(12)9-13/h4-5,8H,6-7H2,1-3H3. The van der Waals surface area contributed by atoms with Crippen LogP contribution in [0.4, 0.5) is 0 Å². The molecule has 0 saturated heterocycles. The Morgan fingerprint density at radius 1 is 1.44 bits per heavy atom. The first-order chi connectivity index (χ1) is 7.67. The van der Waals surface area contributed by atoms with Gasteiger partial charge in [-0.3, -0.25) is 0 Å². The minimum atomic E-state index is 0.713. The summed E-state index contributed by atoms with van der Waals surface area (Å²) in [6.45, 7) is 0.993. The molecule has 0 saturated carbocycles. The van der Waals surface area contributed by atoms with Crippen molar-refractivity contribution in [3.8, 4) is 11.8 Å². The van der Waals surface area contributed by atoms with Crippen molar-refractivity contribution in [1.82, 2.24) is 4.90 Å². The highest BCUT2D eigenvalue weighted by molar-refractivity contribution is 7.99. The lowest BCUT2D eigenvalue weighted by atomic mass is 10.2. The second-order valence-corrected chi connectivity index (χ2v) is 4.76. The number of nitrogens with zero attached hydrogens (tertiary/aromatic N) is 2. The third kappa shape index (κ3) is 3.76. The Labute approximate surface area is 101 Å². The van der Waals surface area contributed by atoms with Gasteiger partial charge in [-0.2, -0.15) is 5.26 Å². The number of ether oxygens (including phenoxy) is 1. The second kappa shape index (κ2) is 6.41. The Balaban J connectivity index is 2.72. The topological polar surface area (TPSA) is 36.3 Å². The summed E-state index contributed by atoms with van der Waals surface area (Å²) >= 11 is 1.69. The zero-order chi connectivity index (χ0) is 12.0. The smallest absolute Gasteiger partial charge is 0.120 e. The third-order valence-electron chi connectivity index (χ3n) is 2.11. The molecule has 0 unspecified atom stereocenters. The van der Waals surface area contributed by atoms with Gasteiger partial charge in [-0.05, 0) is 32.3 Å². The van der Waals surface area contributed by atoms with Crippen LogP contribution in [0.25, 0.3) is 0 Å². The molecule has 16 heavy (non-hydrogen) atoms. The van der Waals surface area contributed by atoms with Crippen molar-refractivity contribution >= 4 is 11.8 Å². The number of methoxy groups -OCH3 is 1. The predicted molar refractivity (Wildman–Crippen MR) is 67.0 cm³/mol. The van der Waals surface area contributed by atoms with Gasteiger partial charge in [0.15, 0.2) is 0 Å². The van der Waals surface area contributed by atoms with E-state index in [1.54, 1.807) is 24.9 Å². The van der Waals surface area contributed by atoms with E-state index < -0.39 is 0 Å². The van der Waals surface area contributed by atoms with Gasteiger partial charge >= 0.3 is 0 Å². The van der Waals surface area contributed by atoms with Crippen molar-refractivity contribution in [3.05, 3.63) is 23.8 Å². The highest BCUT2D eigenvalue weighted by Crippen LogP contribution is 2.26. The zero-order valence-electron chi connectivity index (χ0n) is 9.86. The minimum Gasteiger partial charge on any atom is -0.497 e. The average Bonchev–Trinajstić information content (AvgIpc) is 2.28.